The lowest BCUT2D eigenvalue weighted by molar-refractivity contribution is -0.115. The van der Waals surface area contributed by atoms with E-state index in [0.717, 1.165) is 24.8 Å². The molecule has 0 unspecified atom stereocenters. The van der Waals surface area contributed by atoms with E-state index >= 15 is 0 Å². The molecule has 30 heavy (non-hydrogen) atoms. The lowest BCUT2D eigenvalue weighted by atomic mass is 10.1. The molecule has 160 valence electrons. The Hall–Kier alpha value is -2.60. The number of methoxy groups -OCH3 is 1. The first-order chi connectivity index (χ1) is 14.6. The van der Waals surface area contributed by atoms with Crippen molar-refractivity contribution in [2.75, 3.05) is 25.6 Å². The van der Waals surface area contributed by atoms with E-state index in [1.165, 1.54) is 12.8 Å². The Morgan fingerprint density at radius 3 is 2.70 bits per heavy atom. The number of hydrogen-bond donors (Lipinski definition) is 1. The highest BCUT2D eigenvalue weighted by molar-refractivity contribution is 6.32. The van der Waals surface area contributed by atoms with E-state index < -0.39 is 0 Å². The fourth-order valence-corrected chi connectivity index (χ4v) is 4.10. The molecule has 0 bridgehead atoms. The van der Waals surface area contributed by atoms with Crippen molar-refractivity contribution in [1.82, 2.24) is 0 Å². The number of halogens is 1. The van der Waals surface area contributed by atoms with Gasteiger partial charge in [0.15, 0.2) is 23.0 Å². The zero-order chi connectivity index (χ0) is 20.9. The van der Waals surface area contributed by atoms with E-state index in [4.69, 9.17) is 30.5 Å². The lowest BCUT2D eigenvalue weighted by Crippen LogP contribution is -2.15. The highest BCUT2D eigenvalue weighted by Crippen LogP contribution is 2.38. The average Bonchev–Trinajstić information content (AvgIpc) is 3.11. The number of fused-ring (bicyclic) bond motifs is 1. The maximum Gasteiger partial charge on any atom is 0.228 e. The summed E-state index contributed by atoms with van der Waals surface area (Å²) in [6, 6.07) is 8.99. The van der Waals surface area contributed by atoms with Crippen LogP contribution in [0.3, 0.4) is 0 Å². The van der Waals surface area contributed by atoms with Crippen LogP contribution >= 0.6 is 11.6 Å². The van der Waals surface area contributed by atoms with Crippen LogP contribution in [0, 0.1) is 0 Å². The fourth-order valence-electron chi connectivity index (χ4n) is 3.81. The highest BCUT2D eigenvalue weighted by atomic mass is 35.5. The predicted octanol–water partition coefficient (Wildman–Crippen LogP) is 5.01. The maximum atomic E-state index is 12.6. The van der Waals surface area contributed by atoms with Gasteiger partial charge in [0.1, 0.15) is 0 Å². The number of carbonyl (C=O) groups excluding carboxylic acids is 1. The number of amides is 1. The minimum Gasteiger partial charge on any atom is -0.493 e. The molecule has 1 fully saturated rings. The van der Waals surface area contributed by atoms with Gasteiger partial charge in [0.2, 0.25) is 5.91 Å². The number of nitrogens with one attached hydrogen (secondary N) is 1. The third-order valence-corrected chi connectivity index (χ3v) is 5.55. The van der Waals surface area contributed by atoms with E-state index in [0.29, 0.717) is 46.9 Å². The Morgan fingerprint density at radius 1 is 1.10 bits per heavy atom. The predicted molar refractivity (Wildman–Crippen MR) is 115 cm³/mol. The van der Waals surface area contributed by atoms with Crippen LogP contribution in [0.2, 0.25) is 5.02 Å². The lowest BCUT2D eigenvalue weighted by Gasteiger charge is -2.17. The quantitative estimate of drug-likeness (QED) is 0.696. The van der Waals surface area contributed by atoms with Crippen molar-refractivity contribution in [2.45, 2.75) is 44.6 Å². The third-order valence-electron chi connectivity index (χ3n) is 5.27. The van der Waals surface area contributed by atoms with Gasteiger partial charge in [-0.15, -0.1) is 0 Å². The van der Waals surface area contributed by atoms with Gasteiger partial charge in [0.25, 0.3) is 0 Å². The zero-order valence-corrected chi connectivity index (χ0v) is 17.8. The molecule has 1 heterocycles. The van der Waals surface area contributed by atoms with Gasteiger partial charge in [-0.3, -0.25) is 4.79 Å². The molecule has 0 spiro atoms. The van der Waals surface area contributed by atoms with Gasteiger partial charge in [-0.1, -0.05) is 11.6 Å². The molecule has 1 N–H and O–H groups in total. The second kappa shape index (κ2) is 9.47. The maximum absolute atomic E-state index is 12.6. The van der Waals surface area contributed by atoms with Gasteiger partial charge in [0.05, 0.1) is 37.9 Å². The molecule has 1 aliphatic heterocycles. The molecule has 1 amide bonds. The zero-order valence-electron chi connectivity index (χ0n) is 17.0. The van der Waals surface area contributed by atoms with Gasteiger partial charge in [-0.2, -0.15) is 0 Å². The van der Waals surface area contributed by atoms with Gasteiger partial charge < -0.3 is 24.3 Å². The van der Waals surface area contributed by atoms with Crippen molar-refractivity contribution in [1.29, 1.82) is 0 Å². The summed E-state index contributed by atoms with van der Waals surface area (Å²) in [6.45, 7) is 1.13. The monoisotopic (exact) mass is 431 g/mol. The van der Waals surface area contributed by atoms with Crippen molar-refractivity contribution in [3.05, 3.63) is 40.9 Å². The Bertz CT molecular complexity index is 911. The molecule has 0 atom stereocenters. The first kappa shape index (κ1) is 20.7. The minimum atomic E-state index is -0.155. The summed E-state index contributed by atoms with van der Waals surface area (Å²) in [5, 5.41) is 3.38. The molecule has 0 saturated heterocycles. The van der Waals surface area contributed by atoms with Crippen LogP contribution in [0.1, 0.15) is 37.7 Å². The second-order valence-corrected chi connectivity index (χ2v) is 7.98. The average molecular weight is 432 g/mol. The van der Waals surface area contributed by atoms with Gasteiger partial charge in [-0.05, 0) is 55.5 Å². The van der Waals surface area contributed by atoms with Crippen molar-refractivity contribution in [3.8, 4) is 23.0 Å². The smallest absolute Gasteiger partial charge is 0.228 e. The van der Waals surface area contributed by atoms with E-state index in [2.05, 4.69) is 5.32 Å². The third kappa shape index (κ3) is 4.93. The topological polar surface area (TPSA) is 66.0 Å². The van der Waals surface area contributed by atoms with Crippen LogP contribution in [-0.2, 0) is 11.2 Å². The molecule has 2 aromatic carbocycles. The van der Waals surface area contributed by atoms with Crippen molar-refractivity contribution < 1.29 is 23.7 Å². The number of ether oxygens (including phenoxy) is 4. The second-order valence-electron chi connectivity index (χ2n) is 7.57. The fraction of sp³-hybridized carbons (Fsp3) is 0.435. The van der Waals surface area contributed by atoms with Crippen LogP contribution in [0.5, 0.6) is 23.0 Å². The summed E-state index contributed by atoms with van der Waals surface area (Å²) in [6.07, 6.45) is 5.62. The summed E-state index contributed by atoms with van der Waals surface area (Å²) in [5.74, 6) is 2.29. The van der Waals surface area contributed by atoms with Crippen LogP contribution < -0.4 is 24.3 Å². The number of rotatable bonds is 6. The Morgan fingerprint density at radius 2 is 1.90 bits per heavy atom. The van der Waals surface area contributed by atoms with Crippen molar-refractivity contribution >= 4 is 23.2 Å². The number of benzene rings is 2. The normalized spacial score (nSPS) is 16.1. The summed E-state index contributed by atoms with van der Waals surface area (Å²) < 4.78 is 22.9. The molecule has 1 aliphatic carbocycles. The molecule has 0 aromatic heterocycles. The minimum absolute atomic E-state index is 0.155. The van der Waals surface area contributed by atoms with Gasteiger partial charge >= 0.3 is 0 Å². The number of hydrogen-bond acceptors (Lipinski definition) is 5. The molecule has 4 rings (SSSR count). The Balaban J connectivity index is 1.45. The Kier molecular flexibility index (Phi) is 6.53. The first-order valence-electron chi connectivity index (χ1n) is 10.3. The van der Waals surface area contributed by atoms with Gasteiger partial charge in [0, 0.05) is 18.2 Å². The molecular formula is C23H26ClNO5. The van der Waals surface area contributed by atoms with Crippen LogP contribution in [0.15, 0.2) is 30.3 Å². The number of carbonyl (C=O) groups is 1. The summed E-state index contributed by atoms with van der Waals surface area (Å²) in [4.78, 5) is 12.6. The molecule has 2 aliphatic rings. The molecule has 6 nitrogen and oxygen atoms in total. The highest BCUT2D eigenvalue weighted by Gasteiger charge is 2.20. The van der Waals surface area contributed by atoms with Crippen LogP contribution in [0.25, 0.3) is 0 Å². The van der Waals surface area contributed by atoms with Crippen LogP contribution in [-0.4, -0.2) is 32.3 Å². The van der Waals surface area contributed by atoms with E-state index in [9.17, 15) is 4.79 Å². The van der Waals surface area contributed by atoms with Crippen molar-refractivity contribution in [2.24, 2.45) is 0 Å². The molecule has 0 radical (unpaired) electrons. The summed E-state index contributed by atoms with van der Waals surface area (Å²) in [7, 11) is 1.61. The van der Waals surface area contributed by atoms with Crippen molar-refractivity contribution in [3.63, 3.8) is 0 Å². The largest absolute Gasteiger partial charge is 0.493 e. The summed E-state index contributed by atoms with van der Waals surface area (Å²) in [5.41, 5.74) is 1.42. The summed E-state index contributed by atoms with van der Waals surface area (Å²) >= 11 is 6.33. The SMILES string of the molecule is COc1ccc(NC(=O)Cc2cc(Cl)c3c(c2)OCCCO3)cc1OC1CCCC1. The molecule has 1 saturated carbocycles. The van der Waals surface area contributed by atoms with E-state index in [1.807, 2.05) is 18.2 Å². The van der Waals surface area contributed by atoms with E-state index in [1.54, 1.807) is 19.2 Å². The molecule has 7 heteroatoms. The van der Waals surface area contributed by atoms with Crippen LogP contribution in [0.4, 0.5) is 5.69 Å². The van der Waals surface area contributed by atoms with Gasteiger partial charge in [-0.25, -0.2) is 0 Å². The number of anilines is 1. The Labute approximate surface area is 181 Å². The van der Waals surface area contributed by atoms with E-state index in [-0.39, 0.29) is 18.4 Å². The standard InChI is InChI=1S/C23H26ClNO5/c1-27-19-8-7-16(14-20(19)30-17-5-2-3-6-17)25-22(26)13-15-11-18(24)23-21(12-15)28-9-4-10-29-23/h7-8,11-12,14,17H,2-6,9-10,13H2,1H3,(H,25,26). The molecular weight excluding hydrogens is 406 g/mol. The first-order valence-corrected chi connectivity index (χ1v) is 10.7. The molecule has 2 aromatic rings.